The Bertz CT molecular complexity index is 1090. The van der Waals surface area contributed by atoms with Crippen LogP contribution in [0.4, 0.5) is 0 Å². The normalized spacial score (nSPS) is 17.9. The zero-order valence-electron chi connectivity index (χ0n) is 20.5. The van der Waals surface area contributed by atoms with E-state index in [-0.39, 0.29) is 12.1 Å². The second kappa shape index (κ2) is 10.7. The summed E-state index contributed by atoms with van der Waals surface area (Å²) in [5, 5.41) is 11.6. The van der Waals surface area contributed by atoms with Crippen LogP contribution in [0, 0.1) is 0 Å². The van der Waals surface area contributed by atoms with Crippen molar-refractivity contribution in [1.82, 2.24) is 4.90 Å². The van der Waals surface area contributed by atoms with Crippen molar-refractivity contribution in [3.8, 4) is 0 Å². The van der Waals surface area contributed by atoms with Crippen molar-refractivity contribution in [1.29, 1.82) is 0 Å². The van der Waals surface area contributed by atoms with Gasteiger partial charge < -0.3 is 5.11 Å². The minimum Gasteiger partial charge on any atom is -0.392 e. The summed E-state index contributed by atoms with van der Waals surface area (Å²) in [7, 11) is -1.10. The van der Waals surface area contributed by atoms with E-state index in [0.717, 1.165) is 25.1 Å². The van der Waals surface area contributed by atoms with Crippen LogP contribution >= 0.6 is 0 Å². The topological polar surface area (TPSA) is 23.5 Å². The fourth-order valence-corrected chi connectivity index (χ4v) is 8.31. The number of aliphatic hydroxyl groups is 1. The second-order valence-electron chi connectivity index (χ2n) is 9.96. The number of rotatable bonds is 9. The Kier molecular flexibility index (Phi) is 7.28. The van der Waals surface area contributed by atoms with Crippen molar-refractivity contribution in [3.63, 3.8) is 0 Å². The standard InChI is InChI=1S/C32H35NOSi/c1-35(24-26-14-6-2-7-15-26)25-31(34)30-22-23-33(30)32(27-16-8-3-9-17-27,28-18-10-4-11-19-28)29-20-12-5-13-21-29/h2-21,30-31,34-35H,22-25H2,1H3/t30-,31+,35?/m0/s1. The highest BCUT2D eigenvalue weighted by atomic mass is 28.3. The van der Waals surface area contributed by atoms with E-state index in [1.54, 1.807) is 0 Å². The van der Waals surface area contributed by atoms with Crippen LogP contribution in [-0.2, 0) is 11.6 Å². The van der Waals surface area contributed by atoms with Crippen molar-refractivity contribution in [2.75, 3.05) is 6.54 Å². The summed E-state index contributed by atoms with van der Waals surface area (Å²) in [6.45, 7) is 3.37. The van der Waals surface area contributed by atoms with Crippen molar-refractivity contribution >= 4 is 8.80 Å². The number of aliphatic hydroxyl groups excluding tert-OH is 1. The van der Waals surface area contributed by atoms with Crippen LogP contribution in [0.5, 0.6) is 0 Å². The average molecular weight is 478 g/mol. The first-order chi connectivity index (χ1) is 17.2. The fourth-order valence-electron chi connectivity index (χ4n) is 5.93. The lowest BCUT2D eigenvalue weighted by Crippen LogP contribution is -2.64. The summed E-state index contributed by atoms with van der Waals surface area (Å²) in [6.07, 6.45) is 0.714. The van der Waals surface area contributed by atoms with Crippen LogP contribution in [0.3, 0.4) is 0 Å². The van der Waals surface area contributed by atoms with E-state index >= 15 is 0 Å². The fraction of sp³-hybridized carbons (Fsp3) is 0.250. The van der Waals surface area contributed by atoms with Gasteiger partial charge in [0, 0.05) is 21.4 Å². The number of likely N-dealkylation sites (tertiary alicyclic amines) is 1. The molecular weight excluding hydrogens is 442 g/mol. The molecule has 5 rings (SSSR count). The molecular formula is C32H35NOSi. The SMILES string of the molecule is C[SiH](Cc1ccccc1)C[C@@H](O)[C@@H]1CCN1C(c1ccccc1)(c1ccccc1)c1ccccc1. The van der Waals surface area contributed by atoms with Gasteiger partial charge in [-0.1, -0.05) is 133 Å². The maximum absolute atomic E-state index is 11.6. The monoisotopic (exact) mass is 477 g/mol. The zero-order valence-corrected chi connectivity index (χ0v) is 21.7. The molecule has 2 nitrogen and oxygen atoms in total. The highest BCUT2D eigenvalue weighted by molar-refractivity contribution is 6.56. The molecule has 0 amide bonds. The highest BCUT2D eigenvalue weighted by Gasteiger charge is 2.50. The largest absolute Gasteiger partial charge is 0.392 e. The van der Waals surface area contributed by atoms with Gasteiger partial charge in [0.1, 0.15) is 0 Å². The molecule has 4 aromatic rings. The molecule has 0 bridgehead atoms. The molecule has 0 saturated carbocycles. The Labute approximate surface area is 211 Å². The van der Waals surface area contributed by atoms with E-state index in [2.05, 4.69) is 133 Å². The Morgan fingerprint density at radius 1 is 0.743 bits per heavy atom. The van der Waals surface area contributed by atoms with Gasteiger partial charge in [0.15, 0.2) is 0 Å². The van der Waals surface area contributed by atoms with Crippen molar-refractivity contribution in [2.24, 2.45) is 0 Å². The predicted octanol–water partition coefficient (Wildman–Crippen LogP) is 6.05. The third-order valence-electron chi connectivity index (χ3n) is 7.59. The first kappa shape index (κ1) is 23.7. The Balaban J connectivity index is 1.51. The van der Waals surface area contributed by atoms with Crippen LogP contribution in [0.15, 0.2) is 121 Å². The minimum atomic E-state index is -1.10. The first-order valence-corrected chi connectivity index (χ1v) is 15.6. The van der Waals surface area contributed by atoms with Gasteiger partial charge in [-0.3, -0.25) is 4.90 Å². The molecule has 3 atom stereocenters. The molecule has 0 aromatic heterocycles. The summed E-state index contributed by atoms with van der Waals surface area (Å²) in [4.78, 5) is 2.57. The Morgan fingerprint density at radius 2 is 1.17 bits per heavy atom. The van der Waals surface area contributed by atoms with E-state index in [1.807, 2.05) is 0 Å². The van der Waals surface area contributed by atoms with Gasteiger partial charge in [0.25, 0.3) is 0 Å². The van der Waals surface area contributed by atoms with Gasteiger partial charge >= 0.3 is 0 Å². The lowest BCUT2D eigenvalue weighted by molar-refractivity contribution is -0.0523. The van der Waals surface area contributed by atoms with Gasteiger partial charge in [-0.05, 0) is 35.2 Å². The molecule has 1 unspecified atom stereocenters. The Hall–Kier alpha value is -2.98. The molecule has 1 heterocycles. The molecule has 3 heteroatoms. The summed E-state index contributed by atoms with van der Waals surface area (Å²) in [5.74, 6) is 0. The highest BCUT2D eigenvalue weighted by Crippen LogP contribution is 2.47. The lowest BCUT2D eigenvalue weighted by Gasteiger charge is -2.56. The van der Waals surface area contributed by atoms with E-state index in [4.69, 9.17) is 0 Å². The molecule has 1 aliphatic rings. The molecule has 0 aliphatic carbocycles. The third-order valence-corrected chi connectivity index (χ3v) is 10.0. The summed E-state index contributed by atoms with van der Waals surface area (Å²) < 4.78 is 0. The Morgan fingerprint density at radius 3 is 1.57 bits per heavy atom. The van der Waals surface area contributed by atoms with Crippen LogP contribution in [0.25, 0.3) is 0 Å². The molecule has 178 valence electrons. The predicted molar refractivity (Wildman–Crippen MR) is 148 cm³/mol. The second-order valence-corrected chi connectivity index (χ2v) is 13.0. The van der Waals surface area contributed by atoms with Crippen LogP contribution in [0.2, 0.25) is 12.6 Å². The van der Waals surface area contributed by atoms with E-state index in [1.165, 1.54) is 22.3 Å². The van der Waals surface area contributed by atoms with Crippen LogP contribution < -0.4 is 0 Å². The van der Waals surface area contributed by atoms with Crippen molar-refractivity contribution in [3.05, 3.63) is 144 Å². The number of hydrogen-bond acceptors (Lipinski definition) is 2. The summed E-state index contributed by atoms with van der Waals surface area (Å²) in [5.41, 5.74) is 4.73. The van der Waals surface area contributed by atoms with E-state index in [9.17, 15) is 5.11 Å². The van der Waals surface area contributed by atoms with Gasteiger partial charge in [-0.2, -0.15) is 0 Å². The number of nitrogens with zero attached hydrogens (tertiary/aromatic N) is 1. The maximum Gasteiger partial charge on any atom is 0.0976 e. The number of hydrogen-bond donors (Lipinski definition) is 1. The maximum atomic E-state index is 11.6. The van der Waals surface area contributed by atoms with Crippen LogP contribution in [0.1, 0.15) is 28.7 Å². The quantitative estimate of drug-likeness (QED) is 0.234. The van der Waals surface area contributed by atoms with E-state index in [0.29, 0.717) is 0 Å². The lowest BCUT2D eigenvalue weighted by atomic mass is 9.72. The summed E-state index contributed by atoms with van der Waals surface area (Å²) >= 11 is 0. The smallest absolute Gasteiger partial charge is 0.0976 e. The van der Waals surface area contributed by atoms with Crippen LogP contribution in [-0.4, -0.2) is 37.5 Å². The van der Waals surface area contributed by atoms with E-state index < -0.39 is 14.3 Å². The number of benzene rings is 4. The minimum absolute atomic E-state index is 0.140. The first-order valence-electron chi connectivity index (χ1n) is 12.8. The molecule has 4 aromatic carbocycles. The molecule has 1 saturated heterocycles. The molecule has 1 aliphatic heterocycles. The molecule has 0 spiro atoms. The zero-order chi connectivity index (χ0) is 24.1. The van der Waals surface area contributed by atoms with Gasteiger partial charge in [0.2, 0.25) is 0 Å². The molecule has 1 fully saturated rings. The molecule has 35 heavy (non-hydrogen) atoms. The molecule has 0 radical (unpaired) electrons. The molecule has 1 N–H and O–H groups in total. The van der Waals surface area contributed by atoms with Gasteiger partial charge in [-0.25, -0.2) is 0 Å². The summed E-state index contributed by atoms with van der Waals surface area (Å²) in [6, 6.07) is 45.5. The van der Waals surface area contributed by atoms with Gasteiger partial charge in [-0.15, -0.1) is 0 Å². The third kappa shape index (κ3) is 4.77. The van der Waals surface area contributed by atoms with Crippen molar-refractivity contribution < 1.29 is 5.11 Å². The van der Waals surface area contributed by atoms with Gasteiger partial charge in [0.05, 0.1) is 11.6 Å². The van der Waals surface area contributed by atoms with Crippen molar-refractivity contribution in [2.45, 2.75) is 42.7 Å². The average Bonchev–Trinajstić information content (AvgIpc) is 2.88.